The average Bonchev–Trinajstić information content (AvgIpc) is 2.82. The van der Waals surface area contributed by atoms with Crippen molar-refractivity contribution in [1.29, 1.82) is 0 Å². The van der Waals surface area contributed by atoms with Crippen LogP contribution >= 0.6 is 0 Å². The third kappa shape index (κ3) is 4.64. The van der Waals surface area contributed by atoms with Crippen molar-refractivity contribution in [3.05, 3.63) is 0 Å². The first-order chi connectivity index (χ1) is 8.54. The Kier molecular flexibility index (Phi) is 6.12. The first kappa shape index (κ1) is 15.0. The summed E-state index contributed by atoms with van der Waals surface area (Å²) in [5, 5.41) is 11.6. The number of amides is 2. The molecule has 0 spiro atoms. The molecule has 1 atom stereocenters. The van der Waals surface area contributed by atoms with Gasteiger partial charge in [0.05, 0.1) is 6.61 Å². The van der Waals surface area contributed by atoms with Gasteiger partial charge in [0.15, 0.2) is 0 Å². The maximum Gasteiger partial charge on any atom is 0.224 e. The molecule has 0 bridgehead atoms. The van der Waals surface area contributed by atoms with Crippen LogP contribution < -0.4 is 5.32 Å². The van der Waals surface area contributed by atoms with Crippen LogP contribution in [0, 0.1) is 5.92 Å². The lowest BCUT2D eigenvalue weighted by molar-refractivity contribution is -0.131. The van der Waals surface area contributed by atoms with Crippen molar-refractivity contribution in [2.45, 2.75) is 45.1 Å². The quantitative estimate of drug-likeness (QED) is 0.728. The topological polar surface area (TPSA) is 69.6 Å². The Morgan fingerprint density at radius 1 is 1.39 bits per heavy atom. The van der Waals surface area contributed by atoms with Crippen molar-refractivity contribution in [3.63, 3.8) is 0 Å². The monoisotopic (exact) mass is 256 g/mol. The van der Waals surface area contributed by atoms with Crippen molar-refractivity contribution in [1.82, 2.24) is 10.2 Å². The molecule has 1 aliphatic carbocycles. The van der Waals surface area contributed by atoms with Crippen LogP contribution in [0.5, 0.6) is 0 Å². The maximum atomic E-state index is 11.9. The highest BCUT2D eigenvalue weighted by Gasteiger charge is 2.24. The summed E-state index contributed by atoms with van der Waals surface area (Å²) in [6.07, 6.45) is 4.48. The minimum atomic E-state index is -0.147. The molecule has 0 aromatic carbocycles. The minimum absolute atomic E-state index is 0.0367. The van der Waals surface area contributed by atoms with Crippen molar-refractivity contribution >= 4 is 11.8 Å². The zero-order chi connectivity index (χ0) is 13.5. The summed E-state index contributed by atoms with van der Waals surface area (Å²) in [5.41, 5.74) is 0. The van der Waals surface area contributed by atoms with Gasteiger partial charge in [0, 0.05) is 32.0 Å². The van der Waals surface area contributed by atoms with Crippen LogP contribution in [0.4, 0.5) is 0 Å². The zero-order valence-electron chi connectivity index (χ0n) is 11.3. The van der Waals surface area contributed by atoms with Crippen LogP contribution in [0.15, 0.2) is 0 Å². The average molecular weight is 256 g/mol. The van der Waals surface area contributed by atoms with Gasteiger partial charge < -0.3 is 15.3 Å². The molecule has 1 rings (SSSR count). The molecule has 0 radical (unpaired) electrons. The SMILES string of the molecule is CC(CC(=O)N(C)CCO)NC(=O)C1CCCC1. The van der Waals surface area contributed by atoms with E-state index in [1.807, 2.05) is 6.92 Å². The lowest BCUT2D eigenvalue weighted by atomic mass is 10.1. The highest BCUT2D eigenvalue weighted by molar-refractivity contribution is 5.81. The molecule has 0 aromatic rings. The molecule has 1 unspecified atom stereocenters. The summed E-state index contributed by atoms with van der Waals surface area (Å²) in [6.45, 7) is 2.14. The Hall–Kier alpha value is -1.10. The Morgan fingerprint density at radius 2 is 2.00 bits per heavy atom. The fourth-order valence-electron chi connectivity index (χ4n) is 2.29. The molecule has 0 heterocycles. The van der Waals surface area contributed by atoms with Gasteiger partial charge in [-0.3, -0.25) is 9.59 Å². The largest absolute Gasteiger partial charge is 0.395 e. The molecule has 0 aromatic heterocycles. The van der Waals surface area contributed by atoms with E-state index in [1.54, 1.807) is 7.05 Å². The molecule has 0 aliphatic heterocycles. The highest BCUT2D eigenvalue weighted by Crippen LogP contribution is 2.24. The fraction of sp³-hybridized carbons (Fsp3) is 0.846. The van der Waals surface area contributed by atoms with Crippen LogP contribution in [0.1, 0.15) is 39.0 Å². The summed E-state index contributed by atoms with van der Waals surface area (Å²) in [6, 6.07) is -0.147. The Balaban J connectivity index is 2.29. The molecule has 1 aliphatic rings. The van der Waals surface area contributed by atoms with E-state index >= 15 is 0 Å². The van der Waals surface area contributed by atoms with Crippen LogP contribution in [0.25, 0.3) is 0 Å². The molecule has 0 saturated heterocycles. The molecule has 2 N–H and O–H groups in total. The van der Waals surface area contributed by atoms with Crippen molar-refractivity contribution in [3.8, 4) is 0 Å². The molecule has 104 valence electrons. The van der Waals surface area contributed by atoms with Gasteiger partial charge in [-0.15, -0.1) is 0 Å². The first-order valence-corrected chi connectivity index (χ1v) is 6.69. The summed E-state index contributed by atoms with van der Waals surface area (Å²) >= 11 is 0. The molecule has 1 fully saturated rings. The number of nitrogens with zero attached hydrogens (tertiary/aromatic N) is 1. The number of likely N-dealkylation sites (N-methyl/N-ethyl adjacent to an activating group) is 1. The Bertz CT molecular complexity index is 288. The van der Waals surface area contributed by atoms with E-state index in [1.165, 1.54) is 4.90 Å². The lowest BCUT2D eigenvalue weighted by Crippen LogP contribution is -2.40. The van der Waals surface area contributed by atoms with Crippen molar-refractivity contribution in [2.75, 3.05) is 20.2 Å². The predicted molar refractivity (Wildman–Crippen MR) is 68.9 cm³/mol. The van der Waals surface area contributed by atoms with Crippen LogP contribution in [-0.4, -0.2) is 48.1 Å². The van der Waals surface area contributed by atoms with E-state index in [4.69, 9.17) is 5.11 Å². The third-order valence-corrected chi connectivity index (χ3v) is 3.46. The Morgan fingerprint density at radius 3 is 2.56 bits per heavy atom. The van der Waals surface area contributed by atoms with E-state index in [-0.39, 0.29) is 36.8 Å². The highest BCUT2D eigenvalue weighted by atomic mass is 16.3. The van der Waals surface area contributed by atoms with Gasteiger partial charge in [-0.1, -0.05) is 12.8 Å². The van der Waals surface area contributed by atoms with Gasteiger partial charge in [-0.25, -0.2) is 0 Å². The Labute approximate surface area is 109 Å². The van der Waals surface area contributed by atoms with Gasteiger partial charge in [0.2, 0.25) is 11.8 Å². The van der Waals surface area contributed by atoms with Crippen molar-refractivity contribution in [2.24, 2.45) is 5.92 Å². The number of aliphatic hydroxyl groups is 1. The standard InChI is InChI=1S/C13H24N2O3/c1-10(9-12(17)15(2)7-8-16)14-13(18)11-5-3-4-6-11/h10-11,16H,3-9H2,1-2H3,(H,14,18). The number of nitrogens with one attached hydrogen (secondary N) is 1. The summed E-state index contributed by atoms with van der Waals surface area (Å²) < 4.78 is 0. The number of carbonyl (C=O) groups is 2. The fourth-order valence-corrected chi connectivity index (χ4v) is 2.29. The molecule has 18 heavy (non-hydrogen) atoms. The second kappa shape index (κ2) is 7.36. The number of carbonyl (C=O) groups excluding carboxylic acids is 2. The van der Waals surface area contributed by atoms with E-state index in [9.17, 15) is 9.59 Å². The second-order valence-electron chi connectivity index (χ2n) is 5.13. The molecular weight excluding hydrogens is 232 g/mol. The lowest BCUT2D eigenvalue weighted by Gasteiger charge is -2.20. The maximum absolute atomic E-state index is 11.9. The minimum Gasteiger partial charge on any atom is -0.395 e. The number of hydrogen-bond donors (Lipinski definition) is 2. The smallest absolute Gasteiger partial charge is 0.224 e. The molecular formula is C13H24N2O3. The van der Waals surface area contributed by atoms with Crippen LogP contribution in [0.2, 0.25) is 0 Å². The number of aliphatic hydroxyl groups excluding tert-OH is 1. The third-order valence-electron chi connectivity index (χ3n) is 3.46. The summed E-state index contributed by atoms with van der Waals surface area (Å²) in [7, 11) is 1.66. The molecule has 5 heteroatoms. The van der Waals surface area contributed by atoms with Crippen LogP contribution in [0.3, 0.4) is 0 Å². The first-order valence-electron chi connectivity index (χ1n) is 6.69. The van der Waals surface area contributed by atoms with Gasteiger partial charge >= 0.3 is 0 Å². The molecule has 2 amide bonds. The van der Waals surface area contributed by atoms with Gasteiger partial charge in [-0.05, 0) is 19.8 Å². The van der Waals surface area contributed by atoms with Gasteiger partial charge in [0.25, 0.3) is 0 Å². The second-order valence-corrected chi connectivity index (χ2v) is 5.13. The van der Waals surface area contributed by atoms with E-state index < -0.39 is 0 Å². The number of rotatable bonds is 6. The van der Waals surface area contributed by atoms with Crippen LogP contribution in [-0.2, 0) is 9.59 Å². The zero-order valence-corrected chi connectivity index (χ0v) is 11.3. The van der Waals surface area contributed by atoms with E-state index in [0.29, 0.717) is 6.54 Å². The predicted octanol–water partition coefficient (Wildman–Crippen LogP) is 0.522. The normalized spacial score (nSPS) is 17.5. The van der Waals surface area contributed by atoms with E-state index in [2.05, 4.69) is 5.32 Å². The van der Waals surface area contributed by atoms with E-state index in [0.717, 1.165) is 25.7 Å². The molecule has 1 saturated carbocycles. The van der Waals surface area contributed by atoms with Crippen molar-refractivity contribution < 1.29 is 14.7 Å². The summed E-state index contributed by atoms with van der Waals surface area (Å²) in [4.78, 5) is 25.1. The molecule has 5 nitrogen and oxygen atoms in total. The summed E-state index contributed by atoms with van der Waals surface area (Å²) in [5.74, 6) is 0.165. The number of hydrogen-bond acceptors (Lipinski definition) is 3. The van der Waals surface area contributed by atoms with Gasteiger partial charge in [0.1, 0.15) is 0 Å². The van der Waals surface area contributed by atoms with Gasteiger partial charge in [-0.2, -0.15) is 0 Å².